The number of rotatable bonds is 5. The number of hydrogen-bond acceptors (Lipinski definition) is 4. The highest BCUT2D eigenvalue weighted by atomic mass is 32.2. The highest BCUT2D eigenvalue weighted by molar-refractivity contribution is 7.89. The third-order valence-electron chi connectivity index (χ3n) is 4.31. The molecule has 1 aliphatic heterocycles. The van der Waals surface area contributed by atoms with Crippen molar-refractivity contribution in [3.05, 3.63) is 53.9 Å². The fourth-order valence-electron chi connectivity index (χ4n) is 2.99. The first kappa shape index (κ1) is 17.6. The number of carbonyl (C=O) groups is 1. The van der Waals surface area contributed by atoms with E-state index in [1.807, 2.05) is 32.0 Å². The average molecular weight is 359 g/mol. The van der Waals surface area contributed by atoms with E-state index in [4.69, 9.17) is 0 Å². The lowest BCUT2D eigenvalue weighted by Gasteiger charge is -2.32. The quantitative estimate of drug-likeness (QED) is 0.857. The van der Waals surface area contributed by atoms with Gasteiger partial charge in [-0.05, 0) is 35.9 Å². The molecule has 0 saturated heterocycles. The highest BCUT2D eigenvalue weighted by Crippen LogP contribution is 2.38. The van der Waals surface area contributed by atoms with Gasteiger partial charge in [-0.2, -0.15) is 0 Å². The number of pyridine rings is 1. The zero-order valence-electron chi connectivity index (χ0n) is 14.2. The molecule has 0 spiro atoms. The molecule has 132 valence electrons. The predicted octanol–water partition coefficient (Wildman–Crippen LogP) is 2.22. The lowest BCUT2D eigenvalue weighted by Crippen LogP contribution is -2.33. The van der Waals surface area contributed by atoms with Gasteiger partial charge in [0.2, 0.25) is 15.9 Å². The van der Waals surface area contributed by atoms with E-state index in [1.54, 1.807) is 18.3 Å². The van der Waals surface area contributed by atoms with Gasteiger partial charge in [0.25, 0.3) is 0 Å². The Balaban J connectivity index is 1.78. The molecule has 0 fully saturated rings. The summed E-state index contributed by atoms with van der Waals surface area (Å²) in [4.78, 5) is 16.1. The first-order valence-corrected chi connectivity index (χ1v) is 9.60. The van der Waals surface area contributed by atoms with Crippen molar-refractivity contribution >= 4 is 21.6 Å². The monoisotopic (exact) mass is 359 g/mol. The third kappa shape index (κ3) is 3.88. The van der Waals surface area contributed by atoms with E-state index in [1.165, 1.54) is 6.07 Å². The second-order valence-corrected chi connectivity index (χ2v) is 8.55. The second-order valence-electron chi connectivity index (χ2n) is 6.79. The fourth-order valence-corrected chi connectivity index (χ4v) is 4.05. The molecule has 25 heavy (non-hydrogen) atoms. The number of nitrogens with one attached hydrogen (secondary N) is 2. The zero-order chi connectivity index (χ0) is 18.1. The van der Waals surface area contributed by atoms with Crippen LogP contribution in [0.1, 0.15) is 31.5 Å². The number of benzene rings is 1. The minimum absolute atomic E-state index is 0.0541. The normalized spacial score (nSPS) is 16.2. The molecule has 3 rings (SSSR count). The van der Waals surface area contributed by atoms with E-state index in [9.17, 15) is 13.2 Å². The van der Waals surface area contributed by atoms with Crippen LogP contribution in [0.15, 0.2) is 47.5 Å². The number of carbonyl (C=O) groups excluding carboxylic acids is 1. The van der Waals surface area contributed by atoms with E-state index in [0.29, 0.717) is 18.5 Å². The van der Waals surface area contributed by atoms with E-state index in [2.05, 4.69) is 15.0 Å². The van der Waals surface area contributed by atoms with Gasteiger partial charge < -0.3 is 5.32 Å². The number of anilines is 1. The molecule has 2 N–H and O–H groups in total. The van der Waals surface area contributed by atoms with Crippen molar-refractivity contribution in [3.8, 4) is 0 Å². The Morgan fingerprint density at radius 3 is 2.76 bits per heavy atom. The number of hydrogen-bond donors (Lipinski definition) is 2. The molecule has 2 heterocycles. The summed E-state index contributed by atoms with van der Waals surface area (Å²) >= 11 is 0. The lowest BCUT2D eigenvalue weighted by atomic mass is 9.78. The van der Waals surface area contributed by atoms with E-state index < -0.39 is 15.4 Å². The van der Waals surface area contributed by atoms with Crippen LogP contribution in [0.25, 0.3) is 0 Å². The Labute approximate surface area is 147 Å². The fraction of sp³-hybridized carbons (Fsp3) is 0.333. The van der Waals surface area contributed by atoms with E-state index in [0.717, 1.165) is 11.3 Å². The van der Waals surface area contributed by atoms with Crippen LogP contribution in [0, 0.1) is 0 Å². The maximum Gasteiger partial charge on any atom is 0.240 e. The van der Waals surface area contributed by atoms with Gasteiger partial charge in [-0.3, -0.25) is 9.78 Å². The van der Waals surface area contributed by atoms with Crippen LogP contribution >= 0.6 is 0 Å². The van der Waals surface area contributed by atoms with Gasteiger partial charge in [-0.25, -0.2) is 13.1 Å². The Morgan fingerprint density at radius 1 is 1.24 bits per heavy atom. The second kappa shape index (κ2) is 6.57. The van der Waals surface area contributed by atoms with Gasteiger partial charge in [0.1, 0.15) is 0 Å². The molecule has 0 unspecified atom stereocenters. The van der Waals surface area contributed by atoms with Crippen molar-refractivity contribution in [1.82, 2.24) is 9.71 Å². The molecule has 6 nitrogen and oxygen atoms in total. The zero-order valence-corrected chi connectivity index (χ0v) is 15.1. The van der Waals surface area contributed by atoms with Gasteiger partial charge in [0.15, 0.2) is 0 Å². The molecule has 1 aromatic heterocycles. The Hall–Kier alpha value is -2.25. The molecule has 0 atom stereocenters. The molecule has 0 aliphatic carbocycles. The van der Waals surface area contributed by atoms with Crippen LogP contribution in [0.2, 0.25) is 0 Å². The van der Waals surface area contributed by atoms with Gasteiger partial charge in [-0.1, -0.05) is 19.9 Å². The maximum atomic E-state index is 12.6. The van der Waals surface area contributed by atoms with Crippen LogP contribution in [0.3, 0.4) is 0 Å². The molecule has 2 aromatic rings. The van der Waals surface area contributed by atoms with Crippen LogP contribution in [0.4, 0.5) is 5.69 Å². The molecule has 1 aliphatic rings. The van der Waals surface area contributed by atoms with Gasteiger partial charge in [-0.15, -0.1) is 0 Å². The molecule has 7 heteroatoms. The first-order valence-electron chi connectivity index (χ1n) is 8.12. The smallest absolute Gasteiger partial charge is 0.240 e. The van der Waals surface area contributed by atoms with Crippen LogP contribution in [-0.2, 0) is 26.7 Å². The lowest BCUT2D eigenvalue weighted by molar-refractivity contribution is -0.117. The summed E-state index contributed by atoms with van der Waals surface area (Å²) in [7, 11) is -3.62. The molecule has 0 bridgehead atoms. The number of fused-ring (bicyclic) bond motifs is 1. The molecular formula is C18H21N3O3S. The highest BCUT2D eigenvalue weighted by Gasteiger charge is 2.33. The summed E-state index contributed by atoms with van der Waals surface area (Å²) in [6.07, 6.45) is 2.53. The molecule has 0 saturated carbocycles. The Kier molecular flexibility index (Phi) is 4.62. The topological polar surface area (TPSA) is 88.2 Å². The summed E-state index contributed by atoms with van der Waals surface area (Å²) in [5.41, 5.74) is 1.94. The van der Waals surface area contributed by atoms with Crippen molar-refractivity contribution in [3.63, 3.8) is 0 Å². The number of aromatic nitrogens is 1. The predicted molar refractivity (Wildman–Crippen MR) is 95.8 cm³/mol. The van der Waals surface area contributed by atoms with E-state index in [-0.39, 0.29) is 17.3 Å². The third-order valence-corrected chi connectivity index (χ3v) is 5.77. The van der Waals surface area contributed by atoms with Crippen LogP contribution in [-0.4, -0.2) is 25.9 Å². The van der Waals surface area contributed by atoms with Gasteiger partial charge in [0, 0.05) is 42.4 Å². The van der Waals surface area contributed by atoms with Gasteiger partial charge >= 0.3 is 0 Å². The maximum absolute atomic E-state index is 12.6. The van der Waals surface area contributed by atoms with Crippen molar-refractivity contribution in [2.75, 3.05) is 11.9 Å². The van der Waals surface area contributed by atoms with E-state index >= 15 is 0 Å². The molecule has 1 aromatic carbocycles. The Bertz CT molecular complexity index is 893. The van der Waals surface area contributed by atoms with Crippen molar-refractivity contribution in [1.29, 1.82) is 0 Å². The Morgan fingerprint density at radius 2 is 2.04 bits per heavy atom. The summed E-state index contributed by atoms with van der Waals surface area (Å²) < 4.78 is 27.7. The first-order chi connectivity index (χ1) is 11.8. The van der Waals surface area contributed by atoms with Crippen molar-refractivity contribution in [2.45, 2.75) is 37.0 Å². The summed E-state index contributed by atoms with van der Waals surface area (Å²) in [5, 5.41) is 2.80. The SMILES string of the molecule is CC1(C)CC(=O)Nc2ccc(S(=O)(=O)NCCc3ccccn3)cc21. The van der Waals surface area contributed by atoms with Crippen molar-refractivity contribution < 1.29 is 13.2 Å². The number of amides is 1. The standard InChI is InChI=1S/C18H21N3O3S/c1-18(2)12-17(22)21-16-7-6-14(11-15(16)18)25(23,24)20-10-8-13-5-3-4-9-19-13/h3-7,9,11,20H,8,10,12H2,1-2H3,(H,21,22). The molecule has 1 amide bonds. The minimum atomic E-state index is -3.62. The van der Waals surface area contributed by atoms with Crippen LogP contribution < -0.4 is 10.0 Å². The van der Waals surface area contributed by atoms with Gasteiger partial charge in [0.05, 0.1) is 4.90 Å². The summed E-state index contributed by atoms with van der Waals surface area (Å²) in [6.45, 7) is 4.15. The minimum Gasteiger partial charge on any atom is -0.326 e. The largest absolute Gasteiger partial charge is 0.326 e. The summed E-state index contributed by atoms with van der Waals surface area (Å²) in [6, 6.07) is 10.4. The molecule has 0 radical (unpaired) electrons. The number of nitrogens with zero attached hydrogens (tertiary/aromatic N) is 1. The van der Waals surface area contributed by atoms with Crippen molar-refractivity contribution in [2.24, 2.45) is 0 Å². The number of sulfonamides is 1. The summed E-state index contributed by atoms with van der Waals surface area (Å²) in [5.74, 6) is -0.0541. The average Bonchev–Trinajstić information content (AvgIpc) is 2.54. The van der Waals surface area contributed by atoms with Crippen LogP contribution in [0.5, 0.6) is 0 Å². The molecular weight excluding hydrogens is 338 g/mol.